The second kappa shape index (κ2) is 6.01. The van der Waals surface area contributed by atoms with E-state index in [0.717, 1.165) is 36.4 Å². The molecule has 8 heteroatoms. The molecule has 130 valence electrons. The molecule has 0 aliphatic carbocycles. The van der Waals surface area contributed by atoms with Crippen LogP contribution in [0.25, 0.3) is 0 Å². The molecule has 0 radical (unpaired) electrons. The molecule has 0 fully saturated rings. The van der Waals surface area contributed by atoms with Gasteiger partial charge in [-0.25, -0.2) is 4.39 Å². The molecule has 0 saturated carbocycles. The van der Waals surface area contributed by atoms with Crippen LogP contribution in [0.4, 0.5) is 26.3 Å². The van der Waals surface area contributed by atoms with Crippen LogP contribution in [0.2, 0.25) is 0 Å². The fraction of sp³-hybridized carbons (Fsp3) is 0.250. The second-order valence-corrected chi connectivity index (χ2v) is 4.99. The molecule has 2 aromatic rings. The Balaban J connectivity index is 2.77. The largest absolute Gasteiger partial charge is 0.497 e. The Bertz CT molecular complexity index is 711. The van der Waals surface area contributed by atoms with Crippen LogP contribution in [-0.2, 0) is 5.60 Å². The van der Waals surface area contributed by atoms with Crippen molar-refractivity contribution in [2.75, 3.05) is 7.11 Å². The molecule has 1 N–H and O–H groups in total. The number of rotatable bonds is 4. The molecule has 0 amide bonds. The summed E-state index contributed by atoms with van der Waals surface area (Å²) in [5, 5.41) is 10.4. The zero-order chi connectivity index (χ0) is 18.2. The van der Waals surface area contributed by atoms with Crippen LogP contribution < -0.4 is 4.74 Å². The normalized spacial score (nSPS) is 15.0. The highest BCUT2D eigenvalue weighted by atomic mass is 19.4. The number of aliphatic hydroxyl groups is 1. The maximum atomic E-state index is 14.1. The van der Waals surface area contributed by atoms with Crippen molar-refractivity contribution in [3.8, 4) is 5.75 Å². The molecular weight excluding hydrogens is 338 g/mol. The summed E-state index contributed by atoms with van der Waals surface area (Å²) in [5.41, 5.74) is -5.95. The van der Waals surface area contributed by atoms with Crippen molar-refractivity contribution in [3.05, 3.63) is 65.5 Å². The Labute approximate surface area is 133 Å². The van der Waals surface area contributed by atoms with Gasteiger partial charge in [-0.3, -0.25) is 0 Å². The first kappa shape index (κ1) is 18.1. The zero-order valence-corrected chi connectivity index (χ0v) is 12.2. The van der Waals surface area contributed by atoms with Gasteiger partial charge in [0.15, 0.2) is 5.60 Å². The highest BCUT2D eigenvalue weighted by Crippen LogP contribution is 2.52. The van der Waals surface area contributed by atoms with Crippen LogP contribution in [0, 0.1) is 5.82 Å². The Kier molecular flexibility index (Phi) is 4.54. The average Bonchev–Trinajstić information content (AvgIpc) is 2.53. The number of hydrogen-bond donors (Lipinski definition) is 1. The Morgan fingerprint density at radius 1 is 0.875 bits per heavy atom. The topological polar surface area (TPSA) is 29.5 Å². The maximum absolute atomic E-state index is 14.1. The minimum Gasteiger partial charge on any atom is -0.497 e. The van der Waals surface area contributed by atoms with E-state index < -0.39 is 34.6 Å². The minimum atomic E-state index is -6.11. The molecule has 1 atom stereocenters. The first-order valence-electron chi connectivity index (χ1n) is 6.62. The van der Waals surface area contributed by atoms with Crippen molar-refractivity contribution in [3.63, 3.8) is 0 Å². The summed E-state index contributed by atoms with van der Waals surface area (Å²) in [7, 11) is 1.27. The number of benzene rings is 2. The maximum Gasteiger partial charge on any atom is 0.457 e. The third-order valence-corrected chi connectivity index (χ3v) is 3.58. The predicted molar refractivity (Wildman–Crippen MR) is 73.4 cm³/mol. The summed E-state index contributed by atoms with van der Waals surface area (Å²) in [6.07, 6.45) is -6.11. The fourth-order valence-corrected chi connectivity index (χ4v) is 2.30. The van der Waals surface area contributed by atoms with Crippen molar-refractivity contribution in [1.29, 1.82) is 0 Å². The van der Waals surface area contributed by atoms with Crippen LogP contribution in [0.1, 0.15) is 11.1 Å². The molecular formula is C16H12F6O2. The Morgan fingerprint density at radius 2 is 1.42 bits per heavy atom. The van der Waals surface area contributed by atoms with E-state index in [4.69, 9.17) is 4.74 Å². The molecule has 2 rings (SSSR count). The molecule has 0 bridgehead atoms. The van der Waals surface area contributed by atoms with Gasteiger partial charge in [0.25, 0.3) is 0 Å². The highest BCUT2D eigenvalue weighted by Gasteiger charge is 2.71. The summed E-state index contributed by atoms with van der Waals surface area (Å²) in [4.78, 5) is 0. The lowest BCUT2D eigenvalue weighted by molar-refractivity contribution is -0.337. The van der Waals surface area contributed by atoms with E-state index in [0.29, 0.717) is 12.1 Å². The average molecular weight is 350 g/mol. The SMILES string of the molecule is COc1ccc(C(O)(c2ccccc2F)C(F)(F)C(F)(F)F)cc1. The number of halogens is 6. The highest BCUT2D eigenvalue weighted by molar-refractivity contribution is 5.42. The van der Waals surface area contributed by atoms with E-state index in [2.05, 4.69) is 0 Å². The van der Waals surface area contributed by atoms with Gasteiger partial charge in [0.05, 0.1) is 7.11 Å². The van der Waals surface area contributed by atoms with E-state index in [1.54, 1.807) is 0 Å². The Hall–Kier alpha value is -2.22. The number of hydrogen-bond acceptors (Lipinski definition) is 2. The molecule has 2 nitrogen and oxygen atoms in total. The van der Waals surface area contributed by atoms with E-state index in [1.807, 2.05) is 0 Å². The van der Waals surface area contributed by atoms with Gasteiger partial charge >= 0.3 is 12.1 Å². The molecule has 2 aromatic carbocycles. The molecule has 1 unspecified atom stereocenters. The van der Waals surface area contributed by atoms with E-state index in [1.165, 1.54) is 7.11 Å². The van der Waals surface area contributed by atoms with Gasteiger partial charge in [0, 0.05) is 5.56 Å². The summed E-state index contributed by atoms with van der Waals surface area (Å²) >= 11 is 0. The van der Waals surface area contributed by atoms with Gasteiger partial charge < -0.3 is 9.84 Å². The molecule has 0 saturated heterocycles. The van der Waals surface area contributed by atoms with Crippen LogP contribution in [0.15, 0.2) is 48.5 Å². The lowest BCUT2D eigenvalue weighted by atomic mass is 9.80. The van der Waals surface area contributed by atoms with E-state index >= 15 is 0 Å². The van der Waals surface area contributed by atoms with E-state index in [-0.39, 0.29) is 5.75 Å². The van der Waals surface area contributed by atoms with E-state index in [9.17, 15) is 31.4 Å². The van der Waals surface area contributed by atoms with Crippen molar-refractivity contribution < 1.29 is 36.2 Å². The third kappa shape index (κ3) is 2.71. The lowest BCUT2D eigenvalue weighted by Gasteiger charge is -2.37. The van der Waals surface area contributed by atoms with Crippen LogP contribution >= 0.6 is 0 Å². The fourth-order valence-electron chi connectivity index (χ4n) is 2.30. The van der Waals surface area contributed by atoms with Crippen molar-refractivity contribution >= 4 is 0 Å². The van der Waals surface area contributed by atoms with Gasteiger partial charge in [-0.15, -0.1) is 0 Å². The van der Waals surface area contributed by atoms with Crippen molar-refractivity contribution in [2.24, 2.45) is 0 Å². The second-order valence-electron chi connectivity index (χ2n) is 4.99. The van der Waals surface area contributed by atoms with Crippen LogP contribution in [-0.4, -0.2) is 24.3 Å². The summed E-state index contributed by atoms with van der Waals surface area (Å²) < 4.78 is 85.8. The third-order valence-electron chi connectivity index (χ3n) is 3.58. The van der Waals surface area contributed by atoms with Crippen LogP contribution in [0.3, 0.4) is 0 Å². The zero-order valence-electron chi connectivity index (χ0n) is 12.2. The smallest absolute Gasteiger partial charge is 0.457 e. The van der Waals surface area contributed by atoms with Crippen molar-refractivity contribution in [2.45, 2.75) is 17.7 Å². The predicted octanol–water partition coefficient (Wildman–Crippen LogP) is 4.27. The van der Waals surface area contributed by atoms with Crippen LogP contribution in [0.5, 0.6) is 5.75 Å². The number of methoxy groups -OCH3 is 1. The number of ether oxygens (including phenoxy) is 1. The molecule has 0 spiro atoms. The quantitative estimate of drug-likeness (QED) is 0.835. The standard InChI is InChI=1S/C16H12F6O2/c1-24-11-8-6-10(7-9-11)14(23,15(18,19)16(20,21)22)12-4-2-3-5-13(12)17/h2-9,23H,1H3. The van der Waals surface area contributed by atoms with Gasteiger partial charge in [0.1, 0.15) is 11.6 Å². The molecule has 0 aromatic heterocycles. The first-order chi connectivity index (χ1) is 11.1. The molecule has 0 aliphatic heterocycles. The lowest BCUT2D eigenvalue weighted by Crippen LogP contribution is -2.56. The molecule has 0 aliphatic rings. The molecule has 0 heterocycles. The summed E-state index contributed by atoms with van der Waals surface area (Å²) in [5.74, 6) is -6.86. The monoisotopic (exact) mass is 350 g/mol. The summed E-state index contributed by atoms with van der Waals surface area (Å²) in [6.45, 7) is 0. The summed E-state index contributed by atoms with van der Waals surface area (Å²) in [6, 6.07) is 7.37. The van der Waals surface area contributed by atoms with Gasteiger partial charge in [-0.2, -0.15) is 22.0 Å². The minimum absolute atomic E-state index is 0.171. The van der Waals surface area contributed by atoms with Gasteiger partial charge in [0.2, 0.25) is 0 Å². The first-order valence-corrected chi connectivity index (χ1v) is 6.62. The molecule has 24 heavy (non-hydrogen) atoms. The van der Waals surface area contributed by atoms with Crippen molar-refractivity contribution in [1.82, 2.24) is 0 Å². The Morgan fingerprint density at radius 3 is 1.88 bits per heavy atom. The van der Waals surface area contributed by atoms with Gasteiger partial charge in [-0.05, 0) is 23.8 Å². The number of alkyl halides is 5. The van der Waals surface area contributed by atoms with Gasteiger partial charge in [-0.1, -0.05) is 30.3 Å².